The van der Waals surface area contributed by atoms with Crippen molar-refractivity contribution in [1.82, 2.24) is 10.2 Å². The summed E-state index contributed by atoms with van der Waals surface area (Å²) in [5.74, 6) is -1.69. The smallest absolute Gasteiger partial charge is 0.348 e. The minimum Gasteiger partial charge on any atom is -0.348 e. The van der Waals surface area contributed by atoms with Crippen molar-refractivity contribution in [3.05, 3.63) is 47.5 Å². The summed E-state index contributed by atoms with van der Waals surface area (Å²) in [5.41, 5.74) is -0.266. The van der Waals surface area contributed by atoms with Crippen LogP contribution in [0.5, 0.6) is 0 Å². The molecular formula is C20H19F3N2O3. The fourth-order valence-electron chi connectivity index (χ4n) is 4.59. The van der Waals surface area contributed by atoms with Gasteiger partial charge < -0.3 is 5.32 Å². The Kier molecular flexibility index (Phi) is 4.32. The maximum atomic E-state index is 12.6. The highest BCUT2D eigenvalue weighted by molar-refractivity contribution is 6.08. The number of hydrogen-bond donors (Lipinski definition) is 1. The second-order valence-electron chi connectivity index (χ2n) is 7.67. The molecule has 8 heteroatoms. The number of carbonyl (C=O) groups excluding carboxylic acids is 3. The number of allylic oxidation sites excluding steroid dienone is 2. The van der Waals surface area contributed by atoms with Crippen LogP contribution in [0.4, 0.5) is 13.2 Å². The van der Waals surface area contributed by atoms with Crippen LogP contribution in [0.2, 0.25) is 0 Å². The molecule has 1 aromatic rings. The number of hydrogen-bond acceptors (Lipinski definition) is 3. The van der Waals surface area contributed by atoms with Crippen molar-refractivity contribution in [2.75, 3.05) is 6.54 Å². The highest BCUT2D eigenvalue weighted by Crippen LogP contribution is 2.52. The number of alkyl halides is 3. The zero-order chi connectivity index (χ0) is 20.2. The lowest BCUT2D eigenvalue weighted by molar-refractivity contribution is -0.144. The molecule has 5 atom stereocenters. The first-order valence-corrected chi connectivity index (χ1v) is 9.17. The molecule has 0 radical (unpaired) electrons. The number of fused-ring (bicyclic) bond motifs is 5. The Morgan fingerprint density at radius 2 is 1.64 bits per heavy atom. The van der Waals surface area contributed by atoms with Gasteiger partial charge in [0.15, 0.2) is 0 Å². The van der Waals surface area contributed by atoms with E-state index in [1.165, 1.54) is 12.1 Å². The second-order valence-corrected chi connectivity index (χ2v) is 7.67. The molecule has 28 heavy (non-hydrogen) atoms. The molecule has 2 fully saturated rings. The largest absolute Gasteiger partial charge is 0.416 e. The predicted molar refractivity (Wildman–Crippen MR) is 92.4 cm³/mol. The van der Waals surface area contributed by atoms with Crippen molar-refractivity contribution in [3.63, 3.8) is 0 Å². The van der Waals surface area contributed by atoms with Gasteiger partial charge in [-0.15, -0.1) is 0 Å². The summed E-state index contributed by atoms with van der Waals surface area (Å²) in [6, 6.07) is 3.95. The van der Waals surface area contributed by atoms with Gasteiger partial charge in [-0.2, -0.15) is 13.2 Å². The van der Waals surface area contributed by atoms with Gasteiger partial charge in [-0.1, -0.05) is 24.3 Å². The first-order valence-electron chi connectivity index (χ1n) is 9.17. The molecule has 4 rings (SSSR count). The number of halogens is 3. The SMILES string of the molecule is CC(NC(=O)CN1C(=O)C2C3C=CC(C3)C2C1=O)c1ccc(C(F)(F)F)cc1. The Morgan fingerprint density at radius 3 is 2.14 bits per heavy atom. The van der Waals surface area contributed by atoms with E-state index in [2.05, 4.69) is 5.32 Å². The summed E-state index contributed by atoms with van der Waals surface area (Å²) in [6.45, 7) is 1.27. The van der Waals surface area contributed by atoms with E-state index < -0.39 is 23.7 Å². The molecule has 5 unspecified atom stereocenters. The molecule has 0 spiro atoms. The first kappa shape index (κ1) is 18.7. The summed E-state index contributed by atoms with van der Waals surface area (Å²) in [5, 5.41) is 2.64. The summed E-state index contributed by atoms with van der Waals surface area (Å²) in [4.78, 5) is 38.6. The fourth-order valence-corrected chi connectivity index (χ4v) is 4.59. The molecule has 5 nitrogen and oxygen atoms in total. The van der Waals surface area contributed by atoms with E-state index in [0.717, 1.165) is 23.5 Å². The van der Waals surface area contributed by atoms with Crippen molar-refractivity contribution >= 4 is 17.7 Å². The lowest BCUT2D eigenvalue weighted by atomic mass is 9.85. The molecule has 1 heterocycles. The van der Waals surface area contributed by atoms with Crippen LogP contribution in [0, 0.1) is 23.7 Å². The van der Waals surface area contributed by atoms with Gasteiger partial charge in [-0.05, 0) is 42.9 Å². The minimum absolute atomic E-state index is 0.0746. The highest BCUT2D eigenvalue weighted by Gasteiger charge is 2.59. The summed E-state index contributed by atoms with van der Waals surface area (Å²) in [6.07, 6.45) is 0.353. The normalized spacial score (nSPS) is 29.4. The Labute approximate surface area is 159 Å². The van der Waals surface area contributed by atoms with E-state index in [1.54, 1.807) is 6.92 Å². The van der Waals surface area contributed by atoms with E-state index in [4.69, 9.17) is 0 Å². The van der Waals surface area contributed by atoms with Gasteiger partial charge >= 0.3 is 6.18 Å². The van der Waals surface area contributed by atoms with E-state index in [-0.39, 0.29) is 42.0 Å². The molecule has 1 aliphatic heterocycles. The quantitative estimate of drug-likeness (QED) is 0.633. The average molecular weight is 392 g/mol. The number of carbonyl (C=O) groups is 3. The zero-order valence-electron chi connectivity index (χ0n) is 15.1. The topological polar surface area (TPSA) is 66.5 Å². The number of nitrogens with one attached hydrogen (secondary N) is 1. The van der Waals surface area contributed by atoms with Crippen LogP contribution < -0.4 is 5.32 Å². The van der Waals surface area contributed by atoms with E-state index in [1.807, 2.05) is 12.2 Å². The zero-order valence-corrected chi connectivity index (χ0v) is 15.1. The summed E-state index contributed by atoms with van der Waals surface area (Å²) < 4.78 is 37.9. The maximum Gasteiger partial charge on any atom is 0.416 e. The molecule has 3 amide bonds. The molecule has 1 N–H and O–H groups in total. The van der Waals surface area contributed by atoms with Crippen molar-refractivity contribution in [2.45, 2.75) is 25.6 Å². The van der Waals surface area contributed by atoms with E-state index >= 15 is 0 Å². The van der Waals surface area contributed by atoms with E-state index in [9.17, 15) is 27.6 Å². The van der Waals surface area contributed by atoms with Crippen LogP contribution in [0.15, 0.2) is 36.4 Å². The van der Waals surface area contributed by atoms with Crippen molar-refractivity contribution in [2.24, 2.45) is 23.7 Å². The molecule has 2 aliphatic carbocycles. The predicted octanol–water partition coefficient (Wildman–Crippen LogP) is 2.69. The Hall–Kier alpha value is -2.64. The van der Waals surface area contributed by atoms with Crippen LogP contribution in [-0.2, 0) is 20.6 Å². The standard InChI is InChI=1S/C20H19F3N2O3/c1-10(11-4-6-14(7-5-11)20(21,22)23)24-15(26)9-25-18(27)16-12-2-3-13(8-12)17(16)19(25)28/h2-7,10,12-13,16-17H,8-9H2,1H3,(H,24,26). The third-order valence-electron chi connectivity index (χ3n) is 5.98. The number of rotatable bonds is 4. The van der Waals surface area contributed by atoms with E-state index in [0.29, 0.717) is 5.56 Å². The van der Waals surface area contributed by atoms with Crippen LogP contribution in [0.1, 0.15) is 30.5 Å². The number of likely N-dealkylation sites (tertiary alicyclic amines) is 1. The molecule has 2 bridgehead atoms. The summed E-state index contributed by atoms with van der Waals surface area (Å²) in [7, 11) is 0. The Balaban J connectivity index is 1.38. The van der Waals surface area contributed by atoms with Gasteiger partial charge in [0.1, 0.15) is 6.54 Å². The number of imide groups is 1. The third-order valence-corrected chi connectivity index (χ3v) is 5.98. The van der Waals surface area contributed by atoms with Crippen molar-refractivity contribution in [3.8, 4) is 0 Å². The molecule has 0 aromatic heterocycles. The molecule has 1 saturated carbocycles. The highest BCUT2D eigenvalue weighted by atomic mass is 19.4. The number of benzene rings is 1. The van der Waals surface area contributed by atoms with Gasteiger partial charge in [0, 0.05) is 0 Å². The monoisotopic (exact) mass is 392 g/mol. The van der Waals surface area contributed by atoms with Crippen molar-refractivity contribution in [1.29, 1.82) is 0 Å². The van der Waals surface area contributed by atoms with Gasteiger partial charge in [-0.25, -0.2) is 0 Å². The lowest BCUT2D eigenvalue weighted by Crippen LogP contribution is -2.42. The number of amides is 3. The van der Waals surface area contributed by atoms with Gasteiger partial charge in [0.2, 0.25) is 17.7 Å². The van der Waals surface area contributed by atoms with Crippen LogP contribution in [0.25, 0.3) is 0 Å². The van der Waals surface area contributed by atoms with Crippen LogP contribution in [-0.4, -0.2) is 29.2 Å². The number of nitrogens with zero attached hydrogens (tertiary/aromatic N) is 1. The van der Waals surface area contributed by atoms with Gasteiger partial charge in [0.25, 0.3) is 0 Å². The third kappa shape index (κ3) is 3.00. The maximum absolute atomic E-state index is 12.6. The molecule has 1 aromatic carbocycles. The minimum atomic E-state index is -4.42. The van der Waals surface area contributed by atoms with Gasteiger partial charge in [-0.3, -0.25) is 19.3 Å². The lowest BCUT2D eigenvalue weighted by Gasteiger charge is -2.19. The molecule has 1 saturated heterocycles. The molecular weight excluding hydrogens is 373 g/mol. The first-order chi connectivity index (χ1) is 13.2. The molecule has 148 valence electrons. The van der Waals surface area contributed by atoms with Crippen LogP contribution >= 0.6 is 0 Å². The Bertz CT molecular complexity index is 832. The average Bonchev–Trinajstić information content (AvgIpc) is 3.31. The molecule has 3 aliphatic rings. The Morgan fingerprint density at radius 1 is 1.11 bits per heavy atom. The summed E-state index contributed by atoms with van der Waals surface area (Å²) >= 11 is 0. The van der Waals surface area contributed by atoms with Crippen LogP contribution in [0.3, 0.4) is 0 Å². The van der Waals surface area contributed by atoms with Gasteiger partial charge in [0.05, 0.1) is 23.4 Å². The van der Waals surface area contributed by atoms with Crippen molar-refractivity contribution < 1.29 is 27.6 Å². The second kappa shape index (κ2) is 6.46. The fraction of sp³-hybridized carbons (Fsp3) is 0.450.